The summed E-state index contributed by atoms with van der Waals surface area (Å²) in [6.45, 7) is 7.13. The molecular weight excluding hydrogens is 397 g/mol. The third-order valence-corrected chi connectivity index (χ3v) is 6.44. The van der Waals surface area contributed by atoms with Gasteiger partial charge in [0, 0.05) is 36.5 Å². The third kappa shape index (κ3) is 3.75. The van der Waals surface area contributed by atoms with Gasteiger partial charge in [-0.15, -0.1) is 0 Å². The van der Waals surface area contributed by atoms with Gasteiger partial charge >= 0.3 is 0 Å². The lowest BCUT2D eigenvalue weighted by molar-refractivity contribution is -0.123. The molecule has 1 saturated heterocycles. The van der Waals surface area contributed by atoms with Crippen LogP contribution in [0.1, 0.15) is 51.5 Å². The van der Waals surface area contributed by atoms with E-state index in [0.717, 1.165) is 43.5 Å². The van der Waals surface area contributed by atoms with E-state index in [1.165, 1.54) is 19.1 Å². The lowest BCUT2D eigenvalue weighted by Crippen LogP contribution is -2.56. The molecule has 1 unspecified atom stereocenters. The summed E-state index contributed by atoms with van der Waals surface area (Å²) in [4.78, 5) is 35.7. The molecule has 1 amide bonds. The average Bonchev–Trinajstić information content (AvgIpc) is 3.42. The van der Waals surface area contributed by atoms with E-state index in [2.05, 4.69) is 27.1 Å². The summed E-state index contributed by atoms with van der Waals surface area (Å²) in [6.07, 6.45) is 9.96. The van der Waals surface area contributed by atoms with Crippen LogP contribution < -0.4 is 15.5 Å². The highest BCUT2D eigenvalue weighted by Crippen LogP contribution is 2.45. The van der Waals surface area contributed by atoms with Gasteiger partial charge in [-0.25, -0.2) is 9.37 Å². The molecule has 2 N–H and O–H groups in total. The van der Waals surface area contributed by atoms with Gasteiger partial charge in [-0.05, 0) is 39.2 Å². The van der Waals surface area contributed by atoms with Crippen LogP contribution in [0.3, 0.4) is 0 Å². The van der Waals surface area contributed by atoms with Crippen LogP contribution in [0.5, 0.6) is 0 Å². The van der Waals surface area contributed by atoms with Crippen molar-refractivity contribution in [3.05, 3.63) is 47.6 Å². The van der Waals surface area contributed by atoms with Gasteiger partial charge in [-0.2, -0.15) is 4.98 Å². The minimum Gasteiger partial charge on any atom is -0.354 e. The summed E-state index contributed by atoms with van der Waals surface area (Å²) in [5, 5.41) is 6.01. The number of Topliss-reactive ketones (excluding diaryl/α,β-unsaturated/α-hetero) is 1. The second-order valence-corrected chi connectivity index (χ2v) is 8.54. The van der Waals surface area contributed by atoms with Crippen LogP contribution >= 0.6 is 0 Å². The Hall–Kier alpha value is -3.03. The minimum atomic E-state index is -0.664. The Morgan fingerprint density at radius 2 is 2.13 bits per heavy atom. The predicted octanol–water partition coefficient (Wildman–Crippen LogP) is 3.35. The molecule has 0 aromatic carbocycles. The summed E-state index contributed by atoms with van der Waals surface area (Å²) in [6, 6.07) is 0.288. The van der Waals surface area contributed by atoms with Crippen LogP contribution in [-0.4, -0.2) is 39.8 Å². The molecular formula is C23H28FN5O2. The van der Waals surface area contributed by atoms with Crippen molar-refractivity contribution in [3.63, 3.8) is 0 Å². The average molecular weight is 426 g/mol. The van der Waals surface area contributed by atoms with Gasteiger partial charge < -0.3 is 15.5 Å². The first kappa shape index (κ1) is 21.2. The van der Waals surface area contributed by atoms with E-state index < -0.39 is 17.1 Å². The van der Waals surface area contributed by atoms with Crippen molar-refractivity contribution in [2.75, 3.05) is 16.8 Å². The number of aromatic nitrogens is 2. The Balaban J connectivity index is 1.65. The van der Waals surface area contributed by atoms with Gasteiger partial charge in [-0.1, -0.05) is 25.5 Å². The Morgan fingerprint density at radius 1 is 1.39 bits per heavy atom. The van der Waals surface area contributed by atoms with E-state index in [4.69, 9.17) is 4.98 Å². The van der Waals surface area contributed by atoms with Gasteiger partial charge in [0.2, 0.25) is 11.9 Å². The van der Waals surface area contributed by atoms with E-state index >= 15 is 0 Å². The van der Waals surface area contributed by atoms with Gasteiger partial charge in [0.05, 0.1) is 5.57 Å². The van der Waals surface area contributed by atoms with Crippen molar-refractivity contribution in [3.8, 4) is 0 Å². The molecule has 1 aromatic rings. The van der Waals surface area contributed by atoms with Crippen molar-refractivity contribution in [2.24, 2.45) is 0 Å². The maximum absolute atomic E-state index is 14.4. The Labute approximate surface area is 181 Å². The van der Waals surface area contributed by atoms with Gasteiger partial charge in [-0.3, -0.25) is 9.59 Å². The largest absolute Gasteiger partial charge is 0.354 e. The van der Waals surface area contributed by atoms with E-state index in [9.17, 15) is 14.0 Å². The summed E-state index contributed by atoms with van der Waals surface area (Å²) in [5.41, 5.74) is 0.771. The molecule has 7 nitrogen and oxygen atoms in total. The first-order valence-corrected chi connectivity index (χ1v) is 10.8. The van der Waals surface area contributed by atoms with Crippen molar-refractivity contribution < 1.29 is 14.0 Å². The van der Waals surface area contributed by atoms with Crippen LogP contribution in [0.2, 0.25) is 0 Å². The number of ketones is 1. The topological polar surface area (TPSA) is 87.2 Å². The molecule has 2 fully saturated rings. The molecule has 1 aliphatic carbocycles. The van der Waals surface area contributed by atoms with Crippen molar-refractivity contribution >= 4 is 23.5 Å². The molecule has 0 bridgehead atoms. The standard InChI is InChI=1S/C23H28FN5O2/c1-4-18(15(3)30)19(24)11-14(2)27-22-26-13-16-12-23(9-10-25-21(23)31)29(20(16)28-22)17-7-5-6-8-17/h4,11,13,17H,1,5-10,12H2,2-3H3,(H,25,31)(H,26,27,28)/b14-11+,19-18-. The van der Waals surface area contributed by atoms with E-state index in [1.807, 2.05) is 0 Å². The highest BCUT2D eigenvalue weighted by atomic mass is 19.1. The normalized spacial score (nSPS) is 24.3. The third-order valence-electron chi connectivity index (χ3n) is 6.44. The zero-order valence-electron chi connectivity index (χ0n) is 18.0. The molecule has 3 heterocycles. The number of carbonyl (C=O) groups is 2. The molecule has 4 rings (SSSR count). The summed E-state index contributed by atoms with van der Waals surface area (Å²) in [7, 11) is 0. The van der Waals surface area contributed by atoms with Crippen molar-refractivity contribution in [1.82, 2.24) is 15.3 Å². The van der Waals surface area contributed by atoms with Gasteiger partial charge in [0.1, 0.15) is 17.2 Å². The molecule has 1 atom stereocenters. The van der Waals surface area contributed by atoms with E-state index in [1.54, 1.807) is 13.1 Å². The number of fused-ring (bicyclic) bond motifs is 1. The molecule has 2 aliphatic heterocycles. The number of amides is 1. The fourth-order valence-electron chi connectivity index (χ4n) is 5.03. The van der Waals surface area contributed by atoms with Crippen molar-refractivity contribution in [2.45, 2.75) is 64.0 Å². The monoisotopic (exact) mass is 425 g/mol. The highest BCUT2D eigenvalue weighted by Gasteiger charge is 2.55. The Morgan fingerprint density at radius 3 is 2.74 bits per heavy atom. The molecule has 1 saturated carbocycles. The first-order chi connectivity index (χ1) is 14.9. The number of rotatable bonds is 6. The molecule has 164 valence electrons. The van der Waals surface area contributed by atoms with Crippen LogP contribution in [0.4, 0.5) is 16.2 Å². The molecule has 0 radical (unpaired) electrons. The van der Waals surface area contributed by atoms with Crippen LogP contribution in [0.15, 0.2) is 42.0 Å². The predicted molar refractivity (Wildman–Crippen MR) is 117 cm³/mol. The summed E-state index contributed by atoms with van der Waals surface area (Å²) < 4.78 is 14.4. The first-order valence-electron chi connectivity index (χ1n) is 10.8. The SMILES string of the molecule is C=C/C(C(C)=O)=C(F)\C=C(/C)Nc1ncc2c(n1)N(C1CCCC1)C1(CCNC1=O)C2. The second kappa shape index (κ2) is 8.24. The van der Waals surface area contributed by atoms with Crippen LogP contribution in [0, 0.1) is 0 Å². The van der Waals surface area contributed by atoms with Crippen molar-refractivity contribution in [1.29, 1.82) is 0 Å². The fourth-order valence-corrected chi connectivity index (χ4v) is 5.03. The molecule has 8 heteroatoms. The molecule has 3 aliphatic rings. The maximum atomic E-state index is 14.4. The second-order valence-electron chi connectivity index (χ2n) is 8.54. The number of hydrogen-bond donors (Lipinski definition) is 2. The highest BCUT2D eigenvalue weighted by molar-refractivity contribution is 5.97. The smallest absolute Gasteiger partial charge is 0.246 e. The van der Waals surface area contributed by atoms with Crippen LogP contribution in [0.25, 0.3) is 0 Å². The number of allylic oxidation sites excluding steroid dienone is 5. The lowest BCUT2D eigenvalue weighted by atomic mass is 9.91. The fraction of sp³-hybridized carbons (Fsp3) is 0.478. The molecule has 1 spiro atoms. The van der Waals surface area contributed by atoms with E-state index in [0.29, 0.717) is 24.6 Å². The summed E-state index contributed by atoms with van der Waals surface area (Å²) >= 11 is 0. The number of carbonyl (C=O) groups excluding carboxylic acids is 2. The molecule has 1 aromatic heterocycles. The molecule has 31 heavy (non-hydrogen) atoms. The Bertz CT molecular complexity index is 996. The Kier molecular flexibility index (Phi) is 5.64. The van der Waals surface area contributed by atoms with E-state index in [-0.39, 0.29) is 17.5 Å². The number of halogens is 1. The minimum absolute atomic E-state index is 0.0661. The lowest BCUT2D eigenvalue weighted by Gasteiger charge is -2.38. The zero-order valence-corrected chi connectivity index (χ0v) is 18.0. The number of nitrogens with one attached hydrogen (secondary N) is 2. The van der Waals surface area contributed by atoms with Crippen LogP contribution in [-0.2, 0) is 16.0 Å². The number of hydrogen-bond acceptors (Lipinski definition) is 6. The van der Waals surface area contributed by atoms with Gasteiger partial charge in [0.15, 0.2) is 5.78 Å². The number of anilines is 2. The quantitative estimate of drug-likeness (QED) is 0.537. The van der Waals surface area contributed by atoms with Gasteiger partial charge in [0.25, 0.3) is 0 Å². The number of nitrogens with zero attached hydrogens (tertiary/aromatic N) is 3. The zero-order chi connectivity index (χ0) is 22.2. The maximum Gasteiger partial charge on any atom is 0.246 e. The summed E-state index contributed by atoms with van der Waals surface area (Å²) in [5.74, 6) is 0.138.